The Hall–Kier alpha value is -0.880. The van der Waals surface area contributed by atoms with Crippen LogP contribution in [0.25, 0.3) is 0 Å². The first-order valence-electron chi connectivity index (χ1n) is 5.23. The molecular formula is C9H16N4OS. The SMILES string of the molecule is CN1CCCC(Cn2c(=O)[nH][nH]c2=S)C1. The molecular weight excluding hydrogens is 212 g/mol. The maximum Gasteiger partial charge on any atom is 0.342 e. The maximum atomic E-state index is 11.4. The molecule has 6 heteroatoms. The first-order valence-corrected chi connectivity index (χ1v) is 5.63. The second-order valence-electron chi connectivity index (χ2n) is 4.24. The van der Waals surface area contributed by atoms with Crippen molar-refractivity contribution in [3.63, 3.8) is 0 Å². The predicted octanol–water partition coefficient (Wildman–Crippen LogP) is 0.576. The third-order valence-electron chi connectivity index (χ3n) is 2.93. The molecule has 1 aromatic rings. The molecule has 2 heterocycles. The molecule has 0 aliphatic carbocycles. The van der Waals surface area contributed by atoms with E-state index in [4.69, 9.17) is 12.2 Å². The summed E-state index contributed by atoms with van der Waals surface area (Å²) in [5.41, 5.74) is -0.131. The maximum absolute atomic E-state index is 11.4. The summed E-state index contributed by atoms with van der Waals surface area (Å²) in [4.78, 5) is 13.7. The van der Waals surface area contributed by atoms with Crippen molar-refractivity contribution >= 4 is 12.2 Å². The number of aromatic amines is 2. The molecule has 1 aliphatic rings. The molecule has 15 heavy (non-hydrogen) atoms. The number of likely N-dealkylation sites (tertiary alicyclic amines) is 1. The summed E-state index contributed by atoms with van der Waals surface area (Å²) in [6.07, 6.45) is 2.38. The van der Waals surface area contributed by atoms with Crippen molar-refractivity contribution in [3.05, 3.63) is 15.3 Å². The Labute approximate surface area is 93.1 Å². The van der Waals surface area contributed by atoms with Crippen molar-refractivity contribution in [3.8, 4) is 0 Å². The zero-order valence-electron chi connectivity index (χ0n) is 8.82. The zero-order chi connectivity index (χ0) is 10.8. The largest absolute Gasteiger partial charge is 0.342 e. The molecule has 1 aromatic heterocycles. The van der Waals surface area contributed by atoms with Gasteiger partial charge in [0.25, 0.3) is 0 Å². The van der Waals surface area contributed by atoms with E-state index in [1.54, 1.807) is 4.57 Å². The van der Waals surface area contributed by atoms with Crippen molar-refractivity contribution < 1.29 is 0 Å². The van der Waals surface area contributed by atoms with Gasteiger partial charge in [0, 0.05) is 13.1 Å². The Morgan fingerprint density at radius 2 is 2.33 bits per heavy atom. The van der Waals surface area contributed by atoms with Crippen LogP contribution in [0.5, 0.6) is 0 Å². The fourth-order valence-corrected chi connectivity index (χ4v) is 2.39. The van der Waals surface area contributed by atoms with Gasteiger partial charge in [-0.15, -0.1) is 0 Å². The van der Waals surface area contributed by atoms with Crippen LogP contribution in [-0.4, -0.2) is 39.8 Å². The Bertz CT molecular complexity index is 404. The number of piperidine rings is 1. The fourth-order valence-electron chi connectivity index (χ4n) is 2.18. The van der Waals surface area contributed by atoms with E-state index in [1.807, 2.05) is 0 Å². The second kappa shape index (κ2) is 4.32. The van der Waals surface area contributed by atoms with E-state index in [9.17, 15) is 4.79 Å². The Morgan fingerprint density at radius 3 is 2.93 bits per heavy atom. The van der Waals surface area contributed by atoms with Crippen LogP contribution in [0.1, 0.15) is 12.8 Å². The molecule has 0 saturated carbocycles. The van der Waals surface area contributed by atoms with Crippen LogP contribution in [0, 0.1) is 10.7 Å². The molecule has 84 valence electrons. The van der Waals surface area contributed by atoms with Gasteiger partial charge in [0.05, 0.1) is 0 Å². The molecule has 1 fully saturated rings. The normalized spacial score (nSPS) is 23.1. The summed E-state index contributed by atoms with van der Waals surface area (Å²) < 4.78 is 2.10. The molecule has 2 N–H and O–H groups in total. The number of nitrogens with one attached hydrogen (secondary N) is 2. The molecule has 0 radical (unpaired) electrons. The van der Waals surface area contributed by atoms with Crippen LogP contribution >= 0.6 is 12.2 Å². The van der Waals surface area contributed by atoms with Gasteiger partial charge in [0.15, 0.2) is 4.77 Å². The summed E-state index contributed by atoms with van der Waals surface area (Å²) in [7, 11) is 2.12. The second-order valence-corrected chi connectivity index (χ2v) is 4.63. The zero-order valence-corrected chi connectivity index (χ0v) is 9.64. The van der Waals surface area contributed by atoms with Crippen LogP contribution in [0.2, 0.25) is 0 Å². The Kier molecular flexibility index (Phi) is 3.06. The van der Waals surface area contributed by atoms with Crippen LogP contribution in [0.15, 0.2) is 4.79 Å². The standard InChI is InChI=1S/C9H16N4OS/c1-12-4-2-3-7(5-12)6-13-8(14)10-11-9(13)15/h7H,2-6H2,1H3,(H,10,14)(H,11,15). The van der Waals surface area contributed by atoms with Crippen molar-refractivity contribution in [2.24, 2.45) is 5.92 Å². The molecule has 1 aliphatic heterocycles. The predicted molar refractivity (Wildman–Crippen MR) is 60.5 cm³/mol. The topological polar surface area (TPSA) is 56.8 Å². The van der Waals surface area contributed by atoms with E-state index in [1.165, 1.54) is 12.8 Å². The number of nitrogens with zero attached hydrogens (tertiary/aromatic N) is 2. The van der Waals surface area contributed by atoms with Gasteiger partial charge in [-0.05, 0) is 44.6 Å². The van der Waals surface area contributed by atoms with Crippen molar-refractivity contribution in [2.75, 3.05) is 20.1 Å². The summed E-state index contributed by atoms with van der Waals surface area (Å²) in [6, 6.07) is 0. The van der Waals surface area contributed by atoms with Crippen molar-refractivity contribution in [1.29, 1.82) is 0 Å². The first kappa shape index (κ1) is 10.6. The summed E-state index contributed by atoms with van der Waals surface area (Å²) in [5.74, 6) is 0.535. The van der Waals surface area contributed by atoms with Crippen molar-refractivity contribution in [2.45, 2.75) is 19.4 Å². The van der Waals surface area contributed by atoms with Gasteiger partial charge in [-0.3, -0.25) is 9.67 Å². The third kappa shape index (κ3) is 2.38. The molecule has 0 bridgehead atoms. The van der Waals surface area contributed by atoms with Gasteiger partial charge in [-0.2, -0.15) is 0 Å². The van der Waals surface area contributed by atoms with E-state index in [0.29, 0.717) is 10.7 Å². The highest BCUT2D eigenvalue weighted by molar-refractivity contribution is 7.71. The fraction of sp³-hybridized carbons (Fsp3) is 0.778. The van der Waals surface area contributed by atoms with Gasteiger partial charge in [-0.1, -0.05) is 0 Å². The molecule has 2 rings (SSSR count). The highest BCUT2D eigenvalue weighted by atomic mass is 32.1. The number of hydrogen-bond acceptors (Lipinski definition) is 3. The minimum atomic E-state index is -0.131. The molecule has 1 unspecified atom stereocenters. The average molecular weight is 228 g/mol. The average Bonchev–Trinajstić information content (AvgIpc) is 2.50. The van der Waals surface area contributed by atoms with Gasteiger partial charge in [0.2, 0.25) is 0 Å². The number of hydrogen-bond donors (Lipinski definition) is 2. The molecule has 5 nitrogen and oxygen atoms in total. The molecule has 0 amide bonds. The minimum Gasteiger partial charge on any atom is -0.306 e. The van der Waals surface area contributed by atoms with Crippen LogP contribution in [0.3, 0.4) is 0 Å². The van der Waals surface area contributed by atoms with Gasteiger partial charge in [0.1, 0.15) is 0 Å². The van der Waals surface area contributed by atoms with E-state index < -0.39 is 0 Å². The molecule has 1 atom stereocenters. The van der Waals surface area contributed by atoms with Crippen LogP contribution in [0.4, 0.5) is 0 Å². The lowest BCUT2D eigenvalue weighted by Crippen LogP contribution is -2.35. The Morgan fingerprint density at radius 1 is 1.53 bits per heavy atom. The first-order chi connectivity index (χ1) is 7.16. The molecule has 0 spiro atoms. The third-order valence-corrected chi connectivity index (χ3v) is 3.25. The van der Waals surface area contributed by atoms with Crippen molar-refractivity contribution in [1.82, 2.24) is 19.7 Å². The van der Waals surface area contributed by atoms with Gasteiger partial charge >= 0.3 is 5.69 Å². The monoisotopic (exact) mass is 228 g/mol. The lowest BCUT2D eigenvalue weighted by molar-refractivity contribution is 0.193. The van der Waals surface area contributed by atoms with E-state index in [2.05, 4.69) is 22.1 Å². The van der Waals surface area contributed by atoms with Crippen LogP contribution in [-0.2, 0) is 6.54 Å². The summed E-state index contributed by atoms with van der Waals surface area (Å²) in [5, 5.41) is 5.17. The molecule has 0 aromatic carbocycles. The molecule has 1 saturated heterocycles. The van der Waals surface area contributed by atoms with E-state index in [-0.39, 0.29) is 5.69 Å². The van der Waals surface area contributed by atoms with E-state index in [0.717, 1.165) is 19.6 Å². The number of aromatic nitrogens is 3. The van der Waals surface area contributed by atoms with Crippen LogP contribution < -0.4 is 5.69 Å². The van der Waals surface area contributed by atoms with Gasteiger partial charge < -0.3 is 4.90 Å². The highest BCUT2D eigenvalue weighted by Crippen LogP contribution is 2.16. The number of rotatable bonds is 2. The van der Waals surface area contributed by atoms with Gasteiger partial charge in [-0.25, -0.2) is 9.89 Å². The highest BCUT2D eigenvalue weighted by Gasteiger charge is 2.18. The number of H-pyrrole nitrogens is 2. The Balaban J connectivity index is 2.08. The summed E-state index contributed by atoms with van der Waals surface area (Å²) >= 11 is 5.03. The summed E-state index contributed by atoms with van der Waals surface area (Å²) in [6.45, 7) is 2.93. The minimum absolute atomic E-state index is 0.131. The quantitative estimate of drug-likeness (QED) is 0.728. The van der Waals surface area contributed by atoms with E-state index >= 15 is 0 Å². The smallest absolute Gasteiger partial charge is 0.306 e. The lowest BCUT2D eigenvalue weighted by atomic mass is 9.98. The lowest BCUT2D eigenvalue weighted by Gasteiger charge is -2.29.